The fourth-order valence-corrected chi connectivity index (χ4v) is 4.48. The summed E-state index contributed by atoms with van der Waals surface area (Å²) >= 11 is 0. The number of nitrogens with one attached hydrogen (secondary N) is 1. The fourth-order valence-electron chi connectivity index (χ4n) is 4.48. The van der Waals surface area contributed by atoms with Crippen LogP contribution in [0.15, 0.2) is 66.9 Å². The third kappa shape index (κ3) is 7.99. The zero-order valence-corrected chi connectivity index (χ0v) is 23.6. The largest absolute Gasteiger partial charge is 0.488 e. The van der Waals surface area contributed by atoms with E-state index in [0.717, 1.165) is 23.3 Å². The van der Waals surface area contributed by atoms with Gasteiger partial charge in [-0.3, -0.25) is 4.79 Å². The predicted octanol–water partition coefficient (Wildman–Crippen LogP) is 5.76. The molecule has 4 rings (SSSR count). The summed E-state index contributed by atoms with van der Waals surface area (Å²) in [7, 11) is 0. The Hall–Kier alpha value is -4.14. The number of carbonyl (C=O) groups excluding carboxylic acids is 1. The second kappa shape index (κ2) is 12.8. The minimum atomic E-state index is -4.53. The molecule has 2 aromatic carbocycles. The highest BCUT2D eigenvalue weighted by Crippen LogP contribution is 2.30. The zero-order chi connectivity index (χ0) is 30.5. The molecule has 0 aliphatic carbocycles. The SMILES string of the molecule is CC1OC(COc2ccc(CC(c3cccc(C#N)c3)C(C)NC(=O)C(C)(C)Oc3ccc(C(F)(F)F)cn3)cc2)O1. The van der Waals surface area contributed by atoms with Crippen molar-refractivity contribution in [3.05, 3.63) is 89.1 Å². The summed E-state index contributed by atoms with van der Waals surface area (Å²) in [6, 6.07) is 18.4. The highest BCUT2D eigenvalue weighted by molar-refractivity contribution is 5.85. The lowest BCUT2D eigenvalue weighted by Crippen LogP contribution is -2.51. The molecule has 8 nitrogen and oxygen atoms in total. The summed E-state index contributed by atoms with van der Waals surface area (Å²) < 4.78 is 60.8. The lowest BCUT2D eigenvalue weighted by Gasteiger charge is -2.33. The maximum atomic E-state index is 13.3. The maximum Gasteiger partial charge on any atom is 0.417 e. The van der Waals surface area contributed by atoms with E-state index >= 15 is 0 Å². The normalized spacial score (nSPS) is 18.2. The summed E-state index contributed by atoms with van der Waals surface area (Å²) in [5, 5.41) is 12.4. The Labute approximate surface area is 242 Å². The summed E-state index contributed by atoms with van der Waals surface area (Å²) in [4.78, 5) is 17.0. The molecule has 1 N–H and O–H groups in total. The van der Waals surface area contributed by atoms with Crippen molar-refractivity contribution in [2.24, 2.45) is 0 Å². The maximum absolute atomic E-state index is 13.3. The Morgan fingerprint density at radius 2 is 1.83 bits per heavy atom. The molecule has 2 heterocycles. The van der Waals surface area contributed by atoms with Crippen LogP contribution < -0.4 is 14.8 Å². The topological polar surface area (TPSA) is 103 Å². The molecule has 2 atom stereocenters. The molecule has 1 saturated heterocycles. The second-order valence-electron chi connectivity index (χ2n) is 10.5. The molecule has 42 heavy (non-hydrogen) atoms. The zero-order valence-electron chi connectivity index (χ0n) is 23.6. The molecule has 222 valence electrons. The second-order valence-corrected chi connectivity index (χ2v) is 10.5. The van der Waals surface area contributed by atoms with Gasteiger partial charge in [0.2, 0.25) is 5.88 Å². The van der Waals surface area contributed by atoms with E-state index in [2.05, 4.69) is 16.4 Å². The Morgan fingerprint density at radius 3 is 2.43 bits per heavy atom. The van der Waals surface area contributed by atoms with Crippen molar-refractivity contribution in [2.45, 2.75) is 70.4 Å². The molecular formula is C31H32F3N3O5. The van der Waals surface area contributed by atoms with Crippen molar-refractivity contribution in [1.82, 2.24) is 10.3 Å². The van der Waals surface area contributed by atoms with Gasteiger partial charge in [-0.15, -0.1) is 0 Å². The number of pyridine rings is 1. The van der Waals surface area contributed by atoms with Gasteiger partial charge in [0.1, 0.15) is 12.4 Å². The first-order chi connectivity index (χ1) is 19.8. The Bertz CT molecular complexity index is 1400. The molecule has 1 fully saturated rings. The molecule has 1 amide bonds. The van der Waals surface area contributed by atoms with Crippen molar-refractivity contribution in [3.63, 3.8) is 0 Å². The summed E-state index contributed by atoms with van der Waals surface area (Å²) in [6.07, 6.45) is -3.94. The van der Waals surface area contributed by atoms with E-state index in [0.29, 0.717) is 23.9 Å². The summed E-state index contributed by atoms with van der Waals surface area (Å²) in [5.41, 5.74) is -0.0239. The number of alkyl halides is 3. The van der Waals surface area contributed by atoms with E-state index in [1.807, 2.05) is 44.2 Å². The Morgan fingerprint density at radius 1 is 1.12 bits per heavy atom. The number of hydrogen-bond donors (Lipinski definition) is 1. The number of ether oxygens (including phenoxy) is 4. The quantitative estimate of drug-likeness (QED) is 0.306. The van der Waals surface area contributed by atoms with E-state index in [9.17, 15) is 23.2 Å². The first-order valence-electron chi connectivity index (χ1n) is 13.4. The molecule has 3 aromatic rings. The number of amides is 1. The predicted molar refractivity (Wildman–Crippen MR) is 147 cm³/mol. The van der Waals surface area contributed by atoms with Crippen LogP contribution in [-0.4, -0.2) is 41.7 Å². The molecule has 11 heteroatoms. The highest BCUT2D eigenvalue weighted by Gasteiger charge is 2.35. The third-order valence-electron chi connectivity index (χ3n) is 6.83. The monoisotopic (exact) mass is 583 g/mol. The van der Waals surface area contributed by atoms with Crippen molar-refractivity contribution in [3.8, 4) is 17.7 Å². The van der Waals surface area contributed by atoms with E-state index in [-0.39, 0.29) is 31.0 Å². The lowest BCUT2D eigenvalue weighted by molar-refractivity contribution is -0.380. The molecule has 1 aliphatic heterocycles. The van der Waals surface area contributed by atoms with Gasteiger partial charge in [0.05, 0.1) is 17.2 Å². The number of halogens is 3. The molecule has 1 aromatic heterocycles. The highest BCUT2D eigenvalue weighted by atomic mass is 19.4. The van der Waals surface area contributed by atoms with Crippen LogP contribution in [0.25, 0.3) is 0 Å². The van der Waals surface area contributed by atoms with Gasteiger partial charge in [-0.25, -0.2) is 4.98 Å². The number of carbonyl (C=O) groups is 1. The number of nitriles is 1. The fraction of sp³-hybridized carbons (Fsp3) is 0.387. The van der Waals surface area contributed by atoms with Crippen LogP contribution in [0.2, 0.25) is 0 Å². The van der Waals surface area contributed by atoms with E-state index < -0.39 is 29.3 Å². The van der Waals surface area contributed by atoms with E-state index in [1.54, 1.807) is 18.2 Å². The molecule has 0 radical (unpaired) electrons. The number of nitrogens with zero attached hydrogens (tertiary/aromatic N) is 2. The van der Waals surface area contributed by atoms with Gasteiger partial charge in [0, 0.05) is 24.2 Å². The lowest BCUT2D eigenvalue weighted by atomic mass is 9.85. The van der Waals surface area contributed by atoms with Gasteiger partial charge in [0.25, 0.3) is 5.91 Å². The van der Waals surface area contributed by atoms with Crippen LogP contribution in [0.5, 0.6) is 11.6 Å². The molecule has 0 spiro atoms. The van der Waals surface area contributed by atoms with Crippen LogP contribution in [0.1, 0.15) is 55.9 Å². The van der Waals surface area contributed by atoms with Gasteiger partial charge >= 0.3 is 6.18 Å². The summed E-state index contributed by atoms with van der Waals surface area (Å²) in [5.74, 6) is -0.157. The van der Waals surface area contributed by atoms with Gasteiger partial charge in [-0.05, 0) is 75.6 Å². The molecule has 2 unspecified atom stereocenters. The first-order valence-corrected chi connectivity index (χ1v) is 13.4. The van der Waals surface area contributed by atoms with Gasteiger partial charge < -0.3 is 24.3 Å². The van der Waals surface area contributed by atoms with Crippen molar-refractivity contribution in [2.75, 3.05) is 6.61 Å². The average Bonchev–Trinajstić information content (AvgIpc) is 2.93. The number of rotatable bonds is 11. The van der Waals surface area contributed by atoms with Gasteiger partial charge in [0.15, 0.2) is 18.2 Å². The molecule has 0 saturated carbocycles. The van der Waals surface area contributed by atoms with Crippen LogP contribution in [-0.2, 0) is 26.9 Å². The van der Waals surface area contributed by atoms with Gasteiger partial charge in [-0.1, -0.05) is 24.3 Å². The van der Waals surface area contributed by atoms with Crippen molar-refractivity contribution >= 4 is 5.91 Å². The summed E-state index contributed by atoms with van der Waals surface area (Å²) in [6.45, 7) is 6.96. The van der Waals surface area contributed by atoms with E-state index in [1.165, 1.54) is 13.8 Å². The van der Waals surface area contributed by atoms with Crippen LogP contribution >= 0.6 is 0 Å². The van der Waals surface area contributed by atoms with Crippen LogP contribution in [0.4, 0.5) is 13.2 Å². The minimum absolute atomic E-state index is 0.110. The van der Waals surface area contributed by atoms with Crippen LogP contribution in [0.3, 0.4) is 0 Å². The van der Waals surface area contributed by atoms with E-state index in [4.69, 9.17) is 18.9 Å². The van der Waals surface area contributed by atoms with Crippen molar-refractivity contribution in [1.29, 1.82) is 5.26 Å². The number of benzene rings is 2. The molecule has 1 aliphatic rings. The van der Waals surface area contributed by atoms with Crippen molar-refractivity contribution < 1.29 is 36.9 Å². The third-order valence-corrected chi connectivity index (χ3v) is 6.83. The Kier molecular flexibility index (Phi) is 9.39. The standard InChI is InChI=1S/C31H32F3N3O5/c1-19(37-29(38)30(3,4)42-27-13-10-24(17-36-27)31(32,33)34)26(23-7-5-6-22(14-23)16-35)15-21-8-11-25(12-9-21)39-18-28-40-20(2)41-28/h5-14,17,19-20,26,28H,15,18H2,1-4H3,(H,37,38). The number of aromatic nitrogens is 1. The first kappa shape index (κ1) is 30.8. The average molecular weight is 584 g/mol. The van der Waals surface area contributed by atoms with Crippen LogP contribution in [0, 0.1) is 11.3 Å². The smallest absolute Gasteiger partial charge is 0.417 e. The number of hydrogen-bond acceptors (Lipinski definition) is 7. The molecule has 0 bridgehead atoms. The van der Waals surface area contributed by atoms with Gasteiger partial charge in [-0.2, -0.15) is 18.4 Å². The molecular weight excluding hydrogens is 551 g/mol. The Balaban J connectivity index is 1.45. The minimum Gasteiger partial charge on any atom is -0.488 e.